The first kappa shape index (κ1) is 35.2. The molecule has 0 spiro atoms. The Bertz CT molecular complexity index is 2830. The molecule has 0 fully saturated rings. The van der Waals surface area contributed by atoms with Gasteiger partial charge in [-0.1, -0.05) is 146 Å². The van der Waals surface area contributed by atoms with Crippen molar-refractivity contribution in [1.29, 1.82) is 0 Å². The van der Waals surface area contributed by atoms with Gasteiger partial charge in [0.05, 0.1) is 26.2 Å². The van der Waals surface area contributed by atoms with Crippen LogP contribution < -0.4 is 18.6 Å². The molecule has 0 N–H and O–H groups in total. The Labute approximate surface area is 338 Å². The molecule has 8 aromatic carbocycles. The van der Waals surface area contributed by atoms with Gasteiger partial charge in [-0.05, 0) is 91.1 Å². The fraction of sp³-hybridized carbons (Fsp3) is 0.115. The average molecular weight is 755 g/mol. The average Bonchev–Trinajstić information content (AvgIpc) is 3.93. The van der Waals surface area contributed by atoms with Gasteiger partial charge < -0.3 is 27.7 Å². The molecule has 282 valence electrons. The SMILES string of the molecule is [c-]1n(CCOc2ccc3ccccc3c2-c2c(OCCn3[c-][n+](Cc4cccc5ccccc45)cc3)ccc3ccccc23)cc[n+]1Cc1cccc2ccccc12. The highest BCUT2D eigenvalue weighted by Crippen LogP contribution is 2.45. The molecule has 0 radical (unpaired) electrons. The lowest BCUT2D eigenvalue weighted by atomic mass is 9.92. The van der Waals surface area contributed by atoms with Crippen LogP contribution in [0.2, 0.25) is 0 Å². The Kier molecular flexibility index (Phi) is 9.57. The minimum atomic E-state index is 0.480. The van der Waals surface area contributed by atoms with Crippen molar-refractivity contribution in [3.8, 4) is 22.6 Å². The van der Waals surface area contributed by atoms with Crippen molar-refractivity contribution in [2.45, 2.75) is 26.2 Å². The summed E-state index contributed by atoms with van der Waals surface area (Å²) in [6, 6.07) is 55.6. The number of nitrogens with zero attached hydrogens (tertiary/aromatic N) is 4. The molecule has 0 amide bonds. The van der Waals surface area contributed by atoms with Gasteiger partial charge in [0.15, 0.2) is 0 Å². The molecule has 6 heteroatoms. The fourth-order valence-electron chi connectivity index (χ4n) is 8.21. The number of rotatable bonds is 13. The Morgan fingerprint density at radius 2 is 0.776 bits per heavy atom. The zero-order chi connectivity index (χ0) is 38.7. The summed E-state index contributed by atoms with van der Waals surface area (Å²) in [7, 11) is 0. The van der Waals surface area contributed by atoms with Gasteiger partial charge in [0, 0.05) is 11.1 Å². The van der Waals surface area contributed by atoms with Crippen LogP contribution in [0.25, 0.3) is 54.2 Å². The molecule has 58 heavy (non-hydrogen) atoms. The molecule has 0 aliphatic heterocycles. The molecule has 2 aromatic heterocycles. The first-order valence-corrected chi connectivity index (χ1v) is 19.9. The zero-order valence-corrected chi connectivity index (χ0v) is 32.2. The van der Waals surface area contributed by atoms with Gasteiger partial charge in [0.2, 0.25) is 12.7 Å². The van der Waals surface area contributed by atoms with Gasteiger partial charge in [-0.25, -0.2) is 0 Å². The van der Waals surface area contributed by atoms with Crippen molar-refractivity contribution in [1.82, 2.24) is 9.13 Å². The van der Waals surface area contributed by atoms with Gasteiger partial charge in [-0.2, -0.15) is 0 Å². The topological polar surface area (TPSA) is 36.1 Å². The van der Waals surface area contributed by atoms with Gasteiger partial charge in [-0.15, -0.1) is 0 Å². The molecule has 10 aromatic rings. The lowest BCUT2D eigenvalue weighted by Crippen LogP contribution is -2.32. The second kappa shape index (κ2) is 15.8. The Balaban J connectivity index is 0.895. The van der Waals surface area contributed by atoms with E-state index in [9.17, 15) is 0 Å². The van der Waals surface area contributed by atoms with Crippen molar-refractivity contribution < 1.29 is 18.6 Å². The molecule has 0 unspecified atom stereocenters. The van der Waals surface area contributed by atoms with Crippen LogP contribution in [-0.2, 0) is 26.2 Å². The maximum Gasteiger partial charge on any atom is 0.204 e. The number of aromatic nitrogens is 4. The van der Waals surface area contributed by atoms with Crippen molar-refractivity contribution in [3.05, 3.63) is 206 Å². The van der Waals surface area contributed by atoms with Crippen molar-refractivity contribution in [3.63, 3.8) is 0 Å². The number of ether oxygens (including phenoxy) is 2. The van der Waals surface area contributed by atoms with Crippen LogP contribution in [0.15, 0.2) is 183 Å². The highest BCUT2D eigenvalue weighted by Gasteiger charge is 2.19. The number of hydrogen-bond acceptors (Lipinski definition) is 2. The summed E-state index contributed by atoms with van der Waals surface area (Å²) in [5.74, 6) is 1.65. The lowest BCUT2D eigenvalue weighted by Gasteiger charge is -2.19. The molecule has 0 saturated heterocycles. The number of imidazole rings is 2. The Hall–Kier alpha value is -7.18. The predicted octanol–water partition coefficient (Wildman–Crippen LogP) is 10.00. The summed E-state index contributed by atoms with van der Waals surface area (Å²) in [5.41, 5.74) is 4.62. The normalized spacial score (nSPS) is 11.5. The molecule has 10 rings (SSSR count). The van der Waals surface area contributed by atoms with Crippen molar-refractivity contribution in [2.24, 2.45) is 0 Å². The fourth-order valence-corrected chi connectivity index (χ4v) is 8.21. The third kappa shape index (κ3) is 7.17. The van der Waals surface area contributed by atoms with Gasteiger partial charge in [0.1, 0.15) is 24.7 Å². The molecule has 0 bridgehead atoms. The molecule has 6 nitrogen and oxygen atoms in total. The van der Waals surface area contributed by atoms with E-state index in [1.54, 1.807) is 0 Å². The molecule has 0 aliphatic rings. The quantitative estimate of drug-likeness (QED) is 0.0868. The Morgan fingerprint density at radius 3 is 1.22 bits per heavy atom. The standard InChI is InChI=1S/C52H42N4O2/c1-5-19-45-39(11-1)15-9-17-43(45)35-55-29-27-53(37-55)31-33-57-49-25-23-41-13-3-7-21-47(41)51(49)52-48-22-8-4-14-42(48)24-26-50(52)58-34-32-54-28-30-56(38-54)36-44-18-10-16-40-12-2-6-20-46(40)44/h1-30H,31-36H2. The van der Waals surface area contributed by atoms with Crippen LogP contribution in [-0.4, -0.2) is 22.3 Å². The van der Waals surface area contributed by atoms with Crippen LogP contribution in [0.4, 0.5) is 0 Å². The summed E-state index contributed by atoms with van der Waals surface area (Å²) in [6.07, 6.45) is 15.3. The van der Waals surface area contributed by atoms with Gasteiger partial charge >= 0.3 is 0 Å². The molecular weight excluding hydrogens is 713 g/mol. The summed E-state index contributed by atoms with van der Waals surface area (Å²) in [4.78, 5) is 0. The minimum absolute atomic E-state index is 0.480. The molecular formula is C52H42N4O2. The smallest absolute Gasteiger partial charge is 0.204 e. The molecule has 2 heterocycles. The second-order valence-electron chi connectivity index (χ2n) is 14.7. The van der Waals surface area contributed by atoms with E-state index in [1.165, 1.54) is 32.7 Å². The van der Waals surface area contributed by atoms with Crippen LogP contribution in [0.3, 0.4) is 0 Å². The summed E-state index contributed by atoms with van der Waals surface area (Å²) in [5, 5.41) is 9.58. The lowest BCUT2D eigenvalue weighted by molar-refractivity contribution is -0.691. The third-order valence-corrected chi connectivity index (χ3v) is 11.0. The number of benzene rings is 8. The largest absolute Gasteiger partial charge is 0.489 e. The number of hydrogen-bond donors (Lipinski definition) is 0. The van der Waals surface area contributed by atoms with E-state index >= 15 is 0 Å². The second-order valence-corrected chi connectivity index (χ2v) is 14.7. The van der Waals surface area contributed by atoms with Gasteiger partial charge in [-0.3, -0.25) is 0 Å². The molecule has 0 atom stereocenters. The van der Waals surface area contributed by atoms with Crippen LogP contribution in [0, 0.1) is 12.7 Å². The minimum Gasteiger partial charge on any atom is -0.489 e. The highest BCUT2D eigenvalue weighted by atomic mass is 16.5. The van der Waals surface area contributed by atoms with E-state index in [-0.39, 0.29) is 0 Å². The summed E-state index contributed by atoms with van der Waals surface area (Å²) >= 11 is 0. The van der Waals surface area contributed by atoms with E-state index in [0.29, 0.717) is 26.3 Å². The maximum atomic E-state index is 6.73. The van der Waals surface area contributed by atoms with E-state index in [1.807, 2.05) is 0 Å². The Morgan fingerprint density at radius 1 is 0.397 bits per heavy atom. The van der Waals surface area contributed by atoms with E-state index in [2.05, 4.69) is 213 Å². The van der Waals surface area contributed by atoms with E-state index < -0.39 is 0 Å². The van der Waals surface area contributed by atoms with Crippen molar-refractivity contribution >= 4 is 43.1 Å². The van der Waals surface area contributed by atoms with Crippen LogP contribution >= 0.6 is 0 Å². The molecule has 0 saturated carbocycles. The highest BCUT2D eigenvalue weighted by molar-refractivity contribution is 6.09. The van der Waals surface area contributed by atoms with Crippen LogP contribution in [0.1, 0.15) is 11.1 Å². The summed E-state index contributed by atoms with van der Waals surface area (Å²) < 4.78 is 21.8. The maximum absolute atomic E-state index is 6.73. The van der Waals surface area contributed by atoms with Gasteiger partial charge in [0.25, 0.3) is 0 Å². The van der Waals surface area contributed by atoms with E-state index in [0.717, 1.165) is 57.3 Å². The summed E-state index contributed by atoms with van der Waals surface area (Å²) in [6.45, 7) is 3.77. The first-order valence-electron chi connectivity index (χ1n) is 19.9. The number of fused-ring (bicyclic) bond motifs is 4. The first-order chi connectivity index (χ1) is 28.7. The molecule has 0 aliphatic carbocycles. The predicted molar refractivity (Wildman–Crippen MR) is 231 cm³/mol. The third-order valence-electron chi connectivity index (χ3n) is 11.0. The van der Waals surface area contributed by atoms with E-state index in [4.69, 9.17) is 9.47 Å². The monoisotopic (exact) mass is 754 g/mol. The zero-order valence-electron chi connectivity index (χ0n) is 32.2. The van der Waals surface area contributed by atoms with Crippen molar-refractivity contribution in [2.75, 3.05) is 13.2 Å². The van der Waals surface area contributed by atoms with Crippen LogP contribution in [0.5, 0.6) is 11.5 Å².